The van der Waals surface area contributed by atoms with Crippen LogP contribution in [0.3, 0.4) is 0 Å². The maximum atomic E-state index is 11.5. The van der Waals surface area contributed by atoms with Crippen LogP contribution in [0, 0.1) is 0 Å². The normalized spacial score (nSPS) is 19.6. The van der Waals surface area contributed by atoms with Crippen molar-refractivity contribution in [1.82, 2.24) is 5.32 Å². The molecule has 1 atom stereocenters. The Morgan fingerprint density at radius 1 is 1.20 bits per heavy atom. The van der Waals surface area contributed by atoms with E-state index < -0.39 is 10.0 Å². The van der Waals surface area contributed by atoms with Crippen molar-refractivity contribution >= 4 is 21.4 Å². The van der Waals surface area contributed by atoms with Crippen molar-refractivity contribution in [1.29, 1.82) is 0 Å². The maximum absolute atomic E-state index is 11.5. The molecule has 0 spiro atoms. The maximum Gasteiger partial charge on any atom is 0.232 e. The Morgan fingerprint density at radius 3 is 2.50 bits per heavy atom. The van der Waals surface area contributed by atoms with Crippen LogP contribution in [0.5, 0.6) is 0 Å². The summed E-state index contributed by atoms with van der Waals surface area (Å²) in [5.41, 5.74) is 1.62. The van der Waals surface area contributed by atoms with E-state index >= 15 is 0 Å². The molecule has 1 aliphatic heterocycles. The van der Waals surface area contributed by atoms with Gasteiger partial charge in [0, 0.05) is 24.0 Å². The van der Waals surface area contributed by atoms with Crippen LogP contribution in [0.25, 0.3) is 0 Å². The summed E-state index contributed by atoms with van der Waals surface area (Å²) in [6.07, 6.45) is 3.77. The molecule has 2 rings (SSSR count). The van der Waals surface area contributed by atoms with Gasteiger partial charge in [-0.25, -0.2) is 8.42 Å². The standard InChI is InChI=1S/C14H23N3O2S/c1-2-20(18,19)17-13-8-6-12(7-9-13)16-11-14-5-3-4-10-15-14/h6-9,14-17H,2-5,10-11H2,1H3. The van der Waals surface area contributed by atoms with Gasteiger partial charge in [0.2, 0.25) is 10.0 Å². The van der Waals surface area contributed by atoms with Gasteiger partial charge in [-0.2, -0.15) is 0 Å². The molecule has 6 heteroatoms. The van der Waals surface area contributed by atoms with E-state index in [1.54, 1.807) is 19.1 Å². The molecule has 0 radical (unpaired) electrons. The molecule has 0 bridgehead atoms. The number of benzene rings is 1. The van der Waals surface area contributed by atoms with Crippen LogP contribution < -0.4 is 15.4 Å². The number of rotatable bonds is 6. The second kappa shape index (κ2) is 6.95. The third-order valence-electron chi connectivity index (χ3n) is 3.50. The predicted molar refractivity (Wildman–Crippen MR) is 83.7 cm³/mol. The van der Waals surface area contributed by atoms with Crippen LogP contribution in [0.2, 0.25) is 0 Å². The molecule has 1 aliphatic rings. The summed E-state index contributed by atoms with van der Waals surface area (Å²) in [4.78, 5) is 0. The number of nitrogens with one attached hydrogen (secondary N) is 3. The fraction of sp³-hybridized carbons (Fsp3) is 0.571. The van der Waals surface area contributed by atoms with Crippen molar-refractivity contribution in [2.75, 3.05) is 28.9 Å². The zero-order valence-corrected chi connectivity index (χ0v) is 12.7. The molecule has 1 heterocycles. The molecule has 1 aromatic rings. The minimum absolute atomic E-state index is 0.0837. The van der Waals surface area contributed by atoms with E-state index in [0.717, 1.165) is 18.8 Å². The summed E-state index contributed by atoms with van der Waals surface area (Å²) >= 11 is 0. The first-order valence-electron chi connectivity index (χ1n) is 7.17. The van der Waals surface area contributed by atoms with Crippen molar-refractivity contribution < 1.29 is 8.42 Å². The molecule has 5 nitrogen and oxygen atoms in total. The summed E-state index contributed by atoms with van der Waals surface area (Å²) < 4.78 is 25.4. The molecule has 1 fully saturated rings. The van der Waals surface area contributed by atoms with Gasteiger partial charge in [0.05, 0.1) is 5.75 Å². The highest BCUT2D eigenvalue weighted by atomic mass is 32.2. The summed E-state index contributed by atoms with van der Waals surface area (Å²) in [5, 5.41) is 6.86. The summed E-state index contributed by atoms with van der Waals surface area (Å²) in [6.45, 7) is 3.62. The number of anilines is 2. The molecule has 3 N–H and O–H groups in total. The van der Waals surface area contributed by atoms with E-state index in [0.29, 0.717) is 11.7 Å². The van der Waals surface area contributed by atoms with E-state index in [1.807, 2.05) is 12.1 Å². The highest BCUT2D eigenvalue weighted by Crippen LogP contribution is 2.15. The second-order valence-electron chi connectivity index (χ2n) is 5.11. The second-order valence-corrected chi connectivity index (χ2v) is 7.12. The van der Waals surface area contributed by atoms with Crippen LogP contribution in [0.4, 0.5) is 11.4 Å². The lowest BCUT2D eigenvalue weighted by atomic mass is 10.1. The van der Waals surface area contributed by atoms with Gasteiger partial charge < -0.3 is 10.6 Å². The highest BCUT2D eigenvalue weighted by Gasteiger charge is 2.11. The first-order chi connectivity index (χ1) is 9.59. The van der Waals surface area contributed by atoms with Gasteiger partial charge in [-0.3, -0.25) is 4.72 Å². The summed E-state index contributed by atoms with van der Waals surface area (Å²) in [7, 11) is -3.20. The minimum Gasteiger partial charge on any atom is -0.383 e. The Hall–Kier alpha value is -1.27. The van der Waals surface area contributed by atoms with E-state index in [9.17, 15) is 8.42 Å². The van der Waals surface area contributed by atoms with Crippen LogP contribution in [-0.4, -0.2) is 33.3 Å². The molecule has 0 aromatic heterocycles. The van der Waals surface area contributed by atoms with Crippen molar-refractivity contribution in [3.05, 3.63) is 24.3 Å². The van der Waals surface area contributed by atoms with Gasteiger partial charge >= 0.3 is 0 Å². The van der Waals surface area contributed by atoms with Gasteiger partial charge in [-0.15, -0.1) is 0 Å². The number of piperidine rings is 1. The Kier molecular flexibility index (Phi) is 5.25. The molecule has 0 amide bonds. The molecule has 0 aliphatic carbocycles. The van der Waals surface area contributed by atoms with Gasteiger partial charge in [0.15, 0.2) is 0 Å². The first kappa shape index (κ1) is 15.1. The van der Waals surface area contributed by atoms with Gasteiger partial charge in [-0.1, -0.05) is 6.42 Å². The monoisotopic (exact) mass is 297 g/mol. The van der Waals surface area contributed by atoms with Crippen LogP contribution in [-0.2, 0) is 10.0 Å². The number of hydrogen-bond donors (Lipinski definition) is 3. The molecular weight excluding hydrogens is 274 g/mol. The van der Waals surface area contributed by atoms with Gasteiger partial charge in [-0.05, 0) is 50.6 Å². The Balaban J connectivity index is 1.85. The van der Waals surface area contributed by atoms with Crippen LogP contribution >= 0.6 is 0 Å². The lowest BCUT2D eigenvalue weighted by Crippen LogP contribution is -2.39. The SMILES string of the molecule is CCS(=O)(=O)Nc1ccc(NCC2CCCCN2)cc1. The topological polar surface area (TPSA) is 70.2 Å². The zero-order chi connectivity index (χ0) is 14.4. The fourth-order valence-electron chi connectivity index (χ4n) is 2.25. The van der Waals surface area contributed by atoms with Gasteiger partial charge in [0.25, 0.3) is 0 Å². The third-order valence-corrected chi connectivity index (χ3v) is 4.81. The first-order valence-corrected chi connectivity index (χ1v) is 8.82. The quantitative estimate of drug-likeness (QED) is 0.751. The Bertz CT molecular complexity index is 508. The summed E-state index contributed by atoms with van der Waals surface area (Å²) in [5.74, 6) is 0.0837. The van der Waals surface area contributed by atoms with Gasteiger partial charge in [0.1, 0.15) is 0 Å². The Morgan fingerprint density at radius 2 is 1.90 bits per heavy atom. The third kappa shape index (κ3) is 4.68. The van der Waals surface area contributed by atoms with E-state index in [2.05, 4.69) is 15.4 Å². The van der Waals surface area contributed by atoms with Crippen LogP contribution in [0.1, 0.15) is 26.2 Å². The Labute approximate surface area is 121 Å². The fourth-order valence-corrected chi connectivity index (χ4v) is 2.89. The van der Waals surface area contributed by atoms with E-state index in [-0.39, 0.29) is 5.75 Å². The molecular formula is C14H23N3O2S. The molecule has 1 unspecified atom stereocenters. The average molecular weight is 297 g/mol. The van der Waals surface area contributed by atoms with Crippen LogP contribution in [0.15, 0.2) is 24.3 Å². The molecule has 0 saturated carbocycles. The van der Waals surface area contributed by atoms with Crippen molar-refractivity contribution in [3.63, 3.8) is 0 Å². The minimum atomic E-state index is -3.20. The predicted octanol–water partition coefficient (Wildman–Crippen LogP) is 2.00. The average Bonchev–Trinajstić information content (AvgIpc) is 2.47. The smallest absolute Gasteiger partial charge is 0.232 e. The largest absolute Gasteiger partial charge is 0.383 e. The highest BCUT2D eigenvalue weighted by molar-refractivity contribution is 7.92. The molecule has 1 aromatic carbocycles. The molecule has 112 valence electrons. The number of hydrogen-bond acceptors (Lipinski definition) is 4. The lowest BCUT2D eigenvalue weighted by Gasteiger charge is -2.24. The van der Waals surface area contributed by atoms with Crippen molar-refractivity contribution in [3.8, 4) is 0 Å². The molecule has 1 saturated heterocycles. The zero-order valence-electron chi connectivity index (χ0n) is 11.9. The number of sulfonamides is 1. The molecule has 20 heavy (non-hydrogen) atoms. The lowest BCUT2D eigenvalue weighted by molar-refractivity contribution is 0.414. The van der Waals surface area contributed by atoms with Crippen molar-refractivity contribution in [2.45, 2.75) is 32.2 Å². The summed E-state index contributed by atoms with van der Waals surface area (Å²) in [6, 6.07) is 7.89. The van der Waals surface area contributed by atoms with Crippen molar-refractivity contribution in [2.24, 2.45) is 0 Å². The van der Waals surface area contributed by atoms with E-state index in [4.69, 9.17) is 0 Å². The van der Waals surface area contributed by atoms with E-state index in [1.165, 1.54) is 19.3 Å².